The lowest BCUT2D eigenvalue weighted by molar-refractivity contribution is 0.0146. The third-order valence-electron chi connectivity index (χ3n) is 8.07. The lowest BCUT2D eigenvalue weighted by Crippen LogP contribution is -2.28. The number of benzene rings is 2. The van der Waals surface area contributed by atoms with Gasteiger partial charge in [-0.1, -0.05) is 37.3 Å². The summed E-state index contributed by atoms with van der Waals surface area (Å²) in [5.41, 5.74) is 2.20. The lowest BCUT2D eigenvalue weighted by atomic mass is 9.69. The van der Waals surface area contributed by atoms with Gasteiger partial charge >= 0.3 is 0 Å². The van der Waals surface area contributed by atoms with Crippen LogP contribution < -0.4 is 0 Å². The van der Waals surface area contributed by atoms with Gasteiger partial charge < -0.3 is 4.74 Å². The largest absolute Gasteiger partial charge is 0.379 e. The van der Waals surface area contributed by atoms with Gasteiger partial charge in [0.2, 0.25) is 0 Å². The Labute approximate surface area is 192 Å². The monoisotopic (exact) mass is 440 g/mol. The minimum Gasteiger partial charge on any atom is -0.379 e. The second-order valence-corrected chi connectivity index (χ2v) is 10.1. The molecule has 0 aromatic heterocycles. The van der Waals surface area contributed by atoms with Crippen LogP contribution >= 0.6 is 0 Å². The zero-order chi connectivity index (χ0) is 22.5. The molecule has 3 heteroatoms. The van der Waals surface area contributed by atoms with Crippen LogP contribution in [0, 0.1) is 23.5 Å². The fourth-order valence-corrected chi connectivity index (χ4v) is 6.15. The van der Waals surface area contributed by atoms with Crippen molar-refractivity contribution in [2.75, 3.05) is 6.61 Å². The molecule has 1 nitrogen and oxygen atoms in total. The van der Waals surface area contributed by atoms with Crippen molar-refractivity contribution >= 4 is 0 Å². The molecule has 0 bridgehead atoms. The third-order valence-corrected chi connectivity index (χ3v) is 8.07. The van der Waals surface area contributed by atoms with Gasteiger partial charge in [0.1, 0.15) is 11.6 Å². The van der Waals surface area contributed by atoms with Crippen LogP contribution in [0.3, 0.4) is 0 Å². The molecule has 2 saturated carbocycles. The summed E-state index contributed by atoms with van der Waals surface area (Å²) in [5, 5.41) is 0. The van der Waals surface area contributed by atoms with Crippen molar-refractivity contribution in [1.82, 2.24) is 0 Å². The SMILES string of the molecule is CCOC1CCC(C2CCC(c3cc(F)c(C[C@H](C)c4ccccc4)c(F)c3)CC2)CC1. The molecule has 0 aliphatic heterocycles. The molecule has 2 aliphatic carbocycles. The quantitative estimate of drug-likeness (QED) is 0.422. The van der Waals surface area contributed by atoms with E-state index in [1.165, 1.54) is 38.5 Å². The third kappa shape index (κ3) is 5.60. The van der Waals surface area contributed by atoms with Crippen molar-refractivity contribution in [3.8, 4) is 0 Å². The molecule has 174 valence electrons. The highest BCUT2D eigenvalue weighted by atomic mass is 19.1. The first-order valence-electron chi connectivity index (χ1n) is 12.7. The predicted octanol–water partition coefficient (Wildman–Crippen LogP) is 8.18. The molecular formula is C29H38F2O. The molecule has 0 N–H and O–H groups in total. The van der Waals surface area contributed by atoms with E-state index in [0.717, 1.165) is 42.4 Å². The first kappa shape index (κ1) is 23.4. The highest BCUT2D eigenvalue weighted by Gasteiger charge is 2.32. The normalized spacial score (nSPS) is 27.2. The van der Waals surface area contributed by atoms with E-state index in [2.05, 4.69) is 6.92 Å². The van der Waals surface area contributed by atoms with Crippen molar-refractivity contribution in [3.63, 3.8) is 0 Å². The smallest absolute Gasteiger partial charge is 0.129 e. The average molecular weight is 441 g/mol. The topological polar surface area (TPSA) is 9.23 Å². The van der Waals surface area contributed by atoms with Crippen LogP contribution in [0.15, 0.2) is 42.5 Å². The van der Waals surface area contributed by atoms with E-state index >= 15 is 0 Å². The van der Waals surface area contributed by atoms with Gasteiger partial charge in [0.25, 0.3) is 0 Å². The number of hydrogen-bond acceptors (Lipinski definition) is 1. The van der Waals surface area contributed by atoms with Crippen LogP contribution in [0.2, 0.25) is 0 Å². The van der Waals surface area contributed by atoms with E-state index in [1.54, 1.807) is 12.1 Å². The molecule has 2 aromatic carbocycles. The van der Waals surface area contributed by atoms with Crippen LogP contribution in [0.4, 0.5) is 8.78 Å². The number of ether oxygens (including phenoxy) is 1. The number of hydrogen-bond donors (Lipinski definition) is 0. The minimum absolute atomic E-state index is 0.0827. The zero-order valence-corrected chi connectivity index (χ0v) is 19.7. The summed E-state index contributed by atoms with van der Waals surface area (Å²) in [6.07, 6.45) is 10.3. The molecule has 0 radical (unpaired) electrons. The van der Waals surface area contributed by atoms with Crippen molar-refractivity contribution in [3.05, 3.63) is 70.8 Å². The molecule has 32 heavy (non-hydrogen) atoms. The Morgan fingerprint density at radius 2 is 1.41 bits per heavy atom. The molecule has 4 rings (SSSR count). The Morgan fingerprint density at radius 3 is 1.97 bits per heavy atom. The van der Waals surface area contributed by atoms with Crippen LogP contribution in [0.5, 0.6) is 0 Å². The maximum Gasteiger partial charge on any atom is 0.129 e. The summed E-state index contributed by atoms with van der Waals surface area (Å²) >= 11 is 0. The highest BCUT2D eigenvalue weighted by molar-refractivity contribution is 5.31. The van der Waals surface area contributed by atoms with Gasteiger partial charge in [-0.05, 0) is 112 Å². The van der Waals surface area contributed by atoms with E-state index < -0.39 is 0 Å². The molecule has 0 saturated heterocycles. The van der Waals surface area contributed by atoms with E-state index in [4.69, 9.17) is 4.74 Å². The Kier molecular flexibility index (Phi) is 7.99. The Hall–Kier alpha value is -1.74. The number of halogens is 2. The minimum atomic E-state index is -0.376. The molecule has 0 heterocycles. The summed E-state index contributed by atoms with van der Waals surface area (Å²) in [7, 11) is 0. The predicted molar refractivity (Wildman–Crippen MR) is 127 cm³/mol. The second kappa shape index (κ2) is 10.9. The molecule has 1 atom stereocenters. The summed E-state index contributed by atoms with van der Waals surface area (Å²) in [4.78, 5) is 0. The van der Waals surface area contributed by atoms with E-state index in [-0.39, 0.29) is 29.0 Å². The summed E-state index contributed by atoms with van der Waals surface area (Å²) in [5.74, 6) is 1.20. The Morgan fingerprint density at radius 1 is 0.844 bits per heavy atom. The van der Waals surface area contributed by atoms with Gasteiger partial charge in [-0.2, -0.15) is 0 Å². The van der Waals surface area contributed by atoms with Crippen LogP contribution in [-0.4, -0.2) is 12.7 Å². The standard InChI is InChI=1S/C29H38F2O/c1-3-32-26-15-13-23(14-16-26)22-9-11-24(12-10-22)25-18-28(30)27(29(31)19-25)17-20(2)21-7-5-4-6-8-21/h4-8,18-20,22-24,26H,3,9-17H2,1-2H3/t20-,22?,23?,24?,26?/m0/s1. The van der Waals surface area contributed by atoms with Gasteiger partial charge in [0, 0.05) is 12.2 Å². The first-order chi connectivity index (χ1) is 15.5. The van der Waals surface area contributed by atoms with Crippen molar-refractivity contribution < 1.29 is 13.5 Å². The number of rotatable bonds is 7. The highest BCUT2D eigenvalue weighted by Crippen LogP contribution is 2.43. The van der Waals surface area contributed by atoms with Crippen LogP contribution in [0.1, 0.15) is 93.7 Å². The molecule has 0 unspecified atom stereocenters. The summed E-state index contributed by atoms with van der Waals surface area (Å²) in [6, 6.07) is 13.2. The molecule has 2 fully saturated rings. The van der Waals surface area contributed by atoms with Crippen molar-refractivity contribution in [2.45, 2.75) is 89.6 Å². The van der Waals surface area contributed by atoms with Gasteiger partial charge in [-0.25, -0.2) is 8.78 Å². The molecule has 2 aromatic rings. The second-order valence-electron chi connectivity index (χ2n) is 10.1. The Bertz CT molecular complexity index is 826. The van der Waals surface area contributed by atoms with Crippen molar-refractivity contribution in [2.24, 2.45) is 11.8 Å². The first-order valence-corrected chi connectivity index (χ1v) is 12.7. The molecular weight excluding hydrogens is 402 g/mol. The van der Waals surface area contributed by atoms with Gasteiger partial charge in [0.05, 0.1) is 6.10 Å². The van der Waals surface area contributed by atoms with Gasteiger partial charge in [0.15, 0.2) is 0 Å². The molecule has 2 aliphatic rings. The Balaban J connectivity index is 1.34. The zero-order valence-electron chi connectivity index (χ0n) is 19.7. The maximum absolute atomic E-state index is 15.0. The van der Waals surface area contributed by atoms with Crippen LogP contribution in [-0.2, 0) is 11.2 Å². The maximum atomic E-state index is 15.0. The molecule has 0 amide bonds. The molecule has 0 spiro atoms. The van der Waals surface area contributed by atoms with Gasteiger partial charge in [-0.15, -0.1) is 0 Å². The van der Waals surface area contributed by atoms with E-state index in [0.29, 0.717) is 12.5 Å². The summed E-state index contributed by atoms with van der Waals surface area (Å²) in [6.45, 7) is 4.93. The van der Waals surface area contributed by atoms with E-state index in [9.17, 15) is 8.78 Å². The van der Waals surface area contributed by atoms with Gasteiger partial charge in [-0.3, -0.25) is 0 Å². The average Bonchev–Trinajstić information content (AvgIpc) is 2.82. The van der Waals surface area contributed by atoms with E-state index in [1.807, 2.05) is 37.3 Å². The van der Waals surface area contributed by atoms with Crippen molar-refractivity contribution in [1.29, 1.82) is 0 Å². The fourth-order valence-electron chi connectivity index (χ4n) is 6.15. The van der Waals surface area contributed by atoms with Crippen LogP contribution in [0.25, 0.3) is 0 Å². The summed E-state index contributed by atoms with van der Waals surface area (Å²) < 4.78 is 35.7. The lowest BCUT2D eigenvalue weighted by Gasteiger charge is -2.38. The fraction of sp³-hybridized carbons (Fsp3) is 0.586.